The van der Waals surface area contributed by atoms with Gasteiger partial charge in [0.1, 0.15) is 11.9 Å². The number of aromatic amines is 1. The summed E-state index contributed by atoms with van der Waals surface area (Å²) in [6, 6.07) is 2.10. The highest BCUT2D eigenvalue weighted by atomic mass is 32.2. The molecule has 1 aromatic rings. The first kappa shape index (κ1) is 16.4. The van der Waals surface area contributed by atoms with Crippen molar-refractivity contribution in [2.24, 2.45) is 17.3 Å². The monoisotopic (exact) mass is 322 g/mol. The Balaban J connectivity index is 2.02. The van der Waals surface area contributed by atoms with Crippen LogP contribution in [0.5, 0.6) is 0 Å². The molecule has 0 aliphatic heterocycles. The first-order chi connectivity index (χ1) is 10.3. The van der Waals surface area contributed by atoms with E-state index in [1.54, 1.807) is 6.92 Å². The average molecular weight is 322 g/mol. The number of aryl methyl sites for hydroxylation is 1. The highest BCUT2D eigenvalue weighted by Crippen LogP contribution is 2.60. The van der Waals surface area contributed by atoms with Gasteiger partial charge in [-0.1, -0.05) is 19.9 Å². The molecule has 1 aromatic heterocycles. The lowest BCUT2D eigenvalue weighted by Crippen LogP contribution is -2.22. The summed E-state index contributed by atoms with van der Waals surface area (Å²) in [5.41, 5.74) is -0.660. The van der Waals surface area contributed by atoms with E-state index in [0.29, 0.717) is 10.7 Å². The Morgan fingerprint density at radius 1 is 1.64 bits per heavy atom. The van der Waals surface area contributed by atoms with Gasteiger partial charge in [0, 0.05) is 0 Å². The molecule has 1 N–H and O–H groups in total. The summed E-state index contributed by atoms with van der Waals surface area (Å²) in [4.78, 5) is 26.7. The number of nitriles is 1. The molecular weight excluding hydrogens is 304 g/mol. The summed E-state index contributed by atoms with van der Waals surface area (Å²) in [6.45, 7) is 5.36. The van der Waals surface area contributed by atoms with Crippen molar-refractivity contribution in [1.29, 1.82) is 5.26 Å². The van der Waals surface area contributed by atoms with Crippen LogP contribution in [-0.4, -0.2) is 27.0 Å². The van der Waals surface area contributed by atoms with E-state index in [-0.39, 0.29) is 30.0 Å². The zero-order valence-electron chi connectivity index (χ0n) is 12.9. The third-order valence-electron chi connectivity index (χ3n) is 3.95. The molecule has 118 valence electrons. The van der Waals surface area contributed by atoms with E-state index in [0.717, 1.165) is 4.68 Å². The number of hydrogen-bond donors (Lipinski definition) is 1. The van der Waals surface area contributed by atoms with Crippen molar-refractivity contribution < 1.29 is 9.53 Å². The maximum absolute atomic E-state index is 12.2. The zero-order chi connectivity index (χ0) is 16.5. The number of rotatable bonds is 5. The van der Waals surface area contributed by atoms with Crippen LogP contribution in [0.4, 0.5) is 0 Å². The van der Waals surface area contributed by atoms with Crippen LogP contribution in [-0.2, 0) is 16.3 Å². The fourth-order valence-corrected chi connectivity index (χ4v) is 2.90. The van der Waals surface area contributed by atoms with Gasteiger partial charge >= 0.3 is 11.7 Å². The normalized spacial score (nSPS) is 23.0. The molecule has 1 saturated carbocycles. The maximum Gasteiger partial charge on any atom is 0.346 e. The summed E-state index contributed by atoms with van der Waals surface area (Å²) >= 11 is 1.36. The number of allylic oxidation sites excluding steroid dienone is 2. The first-order valence-corrected chi connectivity index (χ1v) is 8.00. The highest BCUT2D eigenvalue weighted by Gasteiger charge is 2.61. The van der Waals surface area contributed by atoms with Gasteiger partial charge < -0.3 is 4.74 Å². The number of hydrogen-bond acceptors (Lipinski definition) is 6. The predicted octanol–water partition coefficient (Wildman–Crippen LogP) is 1.42. The van der Waals surface area contributed by atoms with Crippen molar-refractivity contribution in [3.63, 3.8) is 0 Å². The van der Waals surface area contributed by atoms with Crippen molar-refractivity contribution in [1.82, 2.24) is 14.8 Å². The minimum Gasteiger partial charge on any atom is -0.442 e. The second-order valence-electron chi connectivity index (χ2n) is 5.78. The van der Waals surface area contributed by atoms with Crippen LogP contribution >= 0.6 is 11.8 Å². The second-order valence-corrected chi connectivity index (χ2v) is 6.63. The van der Waals surface area contributed by atoms with E-state index in [4.69, 9.17) is 10.00 Å². The summed E-state index contributed by atoms with van der Waals surface area (Å²) < 4.78 is 6.25. The molecule has 0 aromatic carbocycles. The second kappa shape index (κ2) is 6.01. The Labute approximate surface area is 132 Å². The number of carbonyl (C=O) groups excluding carboxylic acids is 1. The van der Waals surface area contributed by atoms with Crippen molar-refractivity contribution in [2.45, 2.75) is 27.5 Å². The number of H-pyrrole nitrogens is 1. The quantitative estimate of drug-likeness (QED) is 0.650. The van der Waals surface area contributed by atoms with Gasteiger partial charge in [0.15, 0.2) is 6.73 Å². The number of ether oxygens (including phenoxy) is 1. The molecule has 0 unspecified atom stereocenters. The molecule has 0 amide bonds. The van der Waals surface area contributed by atoms with E-state index in [1.165, 1.54) is 11.8 Å². The lowest BCUT2D eigenvalue weighted by molar-refractivity contribution is -0.150. The Bertz CT molecular complexity index is 710. The zero-order valence-corrected chi connectivity index (χ0v) is 13.7. The van der Waals surface area contributed by atoms with Gasteiger partial charge in [-0.25, -0.2) is 4.79 Å². The van der Waals surface area contributed by atoms with Crippen LogP contribution in [0.1, 0.15) is 19.7 Å². The molecule has 2 rings (SSSR count). The van der Waals surface area contributed by atoms with Crippen LogP contribution in [0.25, 0.3) is 0 Å². The third kappa shape index (κ3) is 3.09. The average Bonchev–Trinajstić information content (AvgIpc) is 2.83. The van der Waals surface area contributed by atoms with E-state index in [9.17, 15) is 9.59 Å². The number of esters is 1. The molecule has 0 bridgehead atoms. The van der Waals surface area contributed by atoms with Crippen LogP contribution in [0.15, 0.2) is 15.8 Å². The number of nitrogens with zero attached hydrogens (tertiary/aromatic N) is 3. The minimum atomic E-state index is -0.411. The molecule has 1 heterocycles. The van der Waals surface area contributed by atoms with E-state index in [1.807, 2.05) is 26.2 Å². The summed E-state index contributed by atoms with van der Waals surface area (Å²) in [7, 11) is 0. The number of thioether (sulfide) groups is 1. The highest BCUT2D eigenvalue weighted by molar-refractivity contribution is 8.02. The van der Waals surface area contributed by atoms with E-state index >= 15 is 0 Å². The molecular formula is C14H18N4O3S. The first-order valence-electron chi connectivity index (χ1n) is 6.77. The number of carbonyl (C=O) groups is 1. The molecule has 8 heteroatoms. The largest absolute Gasteiger partial charge is 0.442 e. The van der Waals surface area contributed by atoms with Gasteiger partial charge in [-0.05, 0) is 24.5 Å². The van der Waals surface area contributed by atoms with Crippen LogP contribution in [0.3, 0.4) is 0 Å². The minimum absolute atomic E-state index is 0.0280. The molecule has 0 saturated heterocycles. The summed E-state index contributed by atoms with van der Waals surface area (Å²) in [5, 5.41) is 12.9. The molecule has 0 spiro atoms. The SMILES string of the molecule is CS/C(C#N)=C/[C@@H]1[C@@H](C(=O)OCn2nc(C)[nH]c2=O)C1(C)C. The van der Waals surface area contributed by atoms with Gasteiger partial charge in [0.2, 0.25) is 0 Å². The van der Waals surface area contributed by atoms with Crippen LogP contribution in [0, 0.1) is 35.5 Å². The van der Waals surface area contributed by atoms with Crippen molar-refractivity contribution >= 4 is 17.7 Å². The van der Waals surface area contributed by atoms with Gasteiger partial charge in [-0.2, -0.15) is 15.0 Å². The van der Waals surface area contributed by atoms with Gasteiger partial charge in [0.05, 0.1) is 10.8 Å². The number of aromatic nitrogens is 3. The van der Waals surface area contributed by atoms with Gasteiger partial charge in [-0.15, -0.1) is 11.8 Å². The Hall–Kier alpha value is -2.01. The van der Waals surface area contributed by atoms with Crippen molar-refractivity contribution in [3.8, 4) is 6.07 Å². The van der Waals surface area contributed by atoms with Crippen LogP contribution < -0.4 is 5.69 Å². The van der Waals surface area contributed by atoms with Crippen molar-refractivity contribution in [2.75, 3.05) is 6.26 Å². The summed E-state index contributed by atoms with van der Waals surface area (Å²) in [6.07, 6.45) is 3.64. The third-order valence-corrected chi connectivity index (χ3v) is 4.61. The number of nitrogens with one attached hydrogen (secondary N) is 1. The molecule has 1 aliphatic rings. The summed E-state index contributed by atoms with van der Waals surface area (Å²) in [5.74, 6) is -0.247. The molecule has 7 nitrogen and oxygen atoms in total. The predicted molar refractivity (Wildman–Crippen MR) is 81.6 cm³/mol. The van der Waals surface area contributed by atoms with E-state index in [2.05, 4.69) is 16.2 Å². The molecule has 1 aliphatic carbocycles. The van der Waals surface area contributed by atoms with Crippen LogP contribution in [0.2, 0.25) is 0 Å². The fourth-order valence-electron chi connectivity index (χ4n) is 2.53. The fraction of sp³-hybridized carbons (Fsp3) is 0.571. The maximum atomic E-state index is 12.2. The van der Waals surface area contributed by atoms with E-state index < -0.39 is 5.69 Å². The lowest BCUT2D eigenvalue weighted by Gasteiger charge is -2.04. The lowest BCUT2D eigenvalue weighted by atomic mass is 10.1. The van der Waals surface area contributed by atoms with Crippen molar-refractivity contribution in [3.05, 3.63) is 27.3 Å². The molecule has 2 atom stereocenters. The standard InChI is InChI=1S/C14H18N4O3S/c1-8-16-13(20)18(17-8)7-21-12(19)11-10(14(11,2)3)5-9(6-15)22-4/h5,10-11H,7H2,1-4H3,(H,16,17,20)/b9-5+/t10-,11+/m1/s1. The topological polar surface area (TPSA) is 101 Å². The van der Waals surface area contributed by atoms with Gasteiger partial charge in [-0.3, -0.25) is 9.78 Å². The molecule has 22 heavy (non-hydrogen) atoms. The Morgan fingerprint density at radius 2 is 2.32 bits per heavy atom. The van der Waals surface area contributed by atoms with Gasteiger partial charge in [0.25, 0.3) is 0 Å². The smallest absolute Gasteiger partial charge is 0.346 e. The molecule has 1 fully saturated rings. The molecule has 0 radical (unpaired) electrons. The Kier molecular flexibility index (Phi) is 4.47. The Morgan fingerprint density at radius 3 is 2.82 bits per heavy atom.